The van der Waals surface area contributed by atoms with Crippen LogP contribution in [0.5, 0.6) is 23.0 Å². The molecule has 0 atom stereocenters. The SMILES string of the molecule is CCOc1cc(/C=C(/C#N)C(=O)NC(C)C)ccc1OCc1ccc2c(c1)OCO2. The van der Waals surface area contributed by atoms with E-state index in [2.05, 4.69) is 5.32 Å². The molecular formula is C23H24N2O5. The molecule has 0 aliphatic carbocycles. The second-order valence-electron chi connectivity index (χ2n) is 6.91. The van der Waals surface area contributed by atoms with E-state index in [1.54, 1.807) is 18.2 Å². The summed E-state index contributed by atoms with van der Waals surface area (Å²) in [6, 6.07) is 12.8. The van der Waals surface area contributed by atoms with Crippen molar-refractivity contribution >= 4 is 12.0 Å². The molecule has 1 amide bonds. The van der Waals surface area contributed by atoms with Crippen LogP contribution in [0.2, 0.25) is 0 Å². The van der Waals surface area contributed by atoms with Crippen molar-refractivity contribution in [2.45, 2.75) is 33.4 Å². The highest BCUT2D eigenvalue weighted by Crippen LogP contribution is 2.34. The Balaban J connectivity index is 1.77. The van der Waals surface area contributed by atoms with E-state index in [0.29, 0.717) is 36.0 Å². The number of benzene rings is 2. The number of nitriles is 1. The largest absolute Gasteiger partial charge is 0.490 e. The van der Waals surface area contributed by atoms with Crippen LogP contribution in [0.1, 0.15) is 31.9 Å². The molecule has 1 N–H and O–H groups in total. The molecule has 0 saturated heterocycles. The van der Waals surface area contributed by atoms with E-state index in [-0.39, 0.29) is 18.4 Å². The van der Waals surface area contributed by atoms with Gasteiger partial charge in [-0.2, -0.15) is 5.26 Å². The maximum absolute atomic E-state index is 12.1. The topological polar surface area (TPSA) is 89.8 Å². The second-order valence-corrected chi connectivity index (χ2v) is 6.91. The number of carbonyl (C=O) groups is 1. The molecule has 3 rings (SSSR count). The summed E-state index contributed by atoms with van der Waals surface area (Å²) in [6.45, 7) is 6.56. The Morgan fingerprint density at radius 3 is 2.70 bits per heavy atom. The fourth-order valence-corrected chi connectivity index (χ4v) is 2.85. The third kappa shape index (κ3) is 5.23. The second kappa shape index (κ2) is 9.70. The fourth-order valence-electron chi connectivity index (χ4n) is 2.85. The van der Waals surface area contributed by atoms with E-state index < -0.39 is 5.91 Å². The Labute approximate surface area is 175 Å². The molecule has 7 nitrogen and oxygen atoms in total. The third-order valence-electron chi connectivity index (χ3n) is 4.19. The van der Waals surface area contributed by atoms with Crippen LogP contribution in [0, 0.1) is 11.3 Å². The predicted octanol–water partition coefficient (Wildman–Crippen LogP) is 3.82. The van der Waals surface area contributed by atoms with Crippen molar-refractivity contribution in [3.05, 3.63) is 53.1 Å². The van der Waals surface area contributed by atoms with Crippen molar-refractivity contribution in [3.63, 3.8) is 0 Å². The van der Waals surface area contributed by atoms with Gasteiger partial charge in [0, 0.05) is 6.04 Å². The third-order valence-corrected chi connectivity index (χ3v) is 4.19. The molecule has 0 spiro atoms. The smallest absolute Gasteiger partial charge is 0.262 e. The first kappa shape index (κ1) is 21.1. The Bertz CT molecular complexity index is 992. The minimum atomic E-state index is -0.409. The number of fused-ring (bicyclic) bond motifs is 1. The van der Waals surface area contributed by atoms with Gasteiger partial charge < -0.3 is 24.3 Å². The molecule has 0 radical (unpaired) electrons. The molecule has 0 bridgehead atoms. The highest BCUT2D eigenvalue weighted by Gasteiger charge is 2.15. The highest BCUT2D eigenvalue weighted by molar-refractivity contribution is 6.01. The van der Waals surface area contributed by atoms with Gasteiger partial charge in [-0.05, 0) is 62.2 Å². The number of ether oxygens (including phenoxy) is 4. The van der Waals surface area contributed by atoms with Gasteiger partial charge in [0.05, 0.1) is 6.61 Å². The van der Waals surface area contributed by atoms with E-state index in [1.165, 1.54) is 6.08 Å². The van der Waals surface area contributed by atoms with Crippen molar-refractivity contribution < 1.29 is 23.7 Å². The fraction of sp³-hybridized carbons (Fsp3) is 0.304. The Hall–Kier alpha value is -3.66. The number of nitrogens with zero attached hydrogens (tertiary/aromatic N) is 1. The Kier molecular flexibility index (Phi) is 6.81. The number of nitrogens with one attached hydrogen (secondary N) is 1. The van der Waals surface area contributed by atoms with Crippen LogP contribution in [-0.4, -0.2) is 25.3 Å². The van der Waals surface area contributed by atoms with E-state index in [0.717, 1.165) is 11.3 Å². The van der Waals surface area contributed by atoms with Crippen molar-refractivity contribution in [2.24, 2.45) is 0 Å². The highest BCUT2D eigenvalue weighted by atomic mass is 16.7. The lowest BCUT2D eigenvalue weighted by Gasteiger charge is -2.13. The van der Waals surface area contributed by atoms with Gasteiger partial charge in [0.2, 0.25) is 6.79 Å². The first-order valence-corrected chi connectivity index (χ1v) is 9.71. The molecule has 7 heteroatoms. The lowest BCUT2D eigenvalue weighted by molar-refractivity contribution is -0.117. The number of hydrogen-bond donors (Lipinski definition) is 1. The summed E-state index contributed by atoms with van der Waals surface area (Å²) in [5.74, 6) is 2.11. The van der Waals surface area contributed by atoms with Crippen LogP contribution >= 0.6 is 0 Å². The number of rotatable bonds is 8. The lowest BCUT2D eigenvalue weighted by atomic mass is 10.1. The number of amides is 1. The van der Waals surface area contributed by atoms with E-state index >= 15 is 0 Å². The van der Waals surface area contributed by atoms with Crippen molar-refractivity contribution in [2.75, 3.05) is 13.4 Å². The van der Waals surface area contributed by atoms with Crippen molar-refractivity contribution in [1.29, 1.82) is 5.26 Å². The van der Waals surface area contributed by atoms with E-state index in [4.69, 9.17) is 18.9 Å². The van der Waals surface area contributed by atoms with Gasteiger partial charge in [0.15, 0.2) is 23.0 Å². The predicted molar refractivity (Wildman–Crippen MR) is 111 cm³/mol. The average molecular weight is 408 g/mol. The number of hydrogen-bond acceptors (Lipinski definition) is 6. The zero-order valence-electron chi connectivity index (χ0n) is 17.2. The van der Waals surface area contributed by atoms with E-state index in [1.807, 2.05) is 45.0 Å². The number of carbonyl (C=O) groups excluding carboxylic acids is 1. The summed E-state index contributed by atoms with van der Waals surface area (Å²) in [6.07, 6.45) is 1.53. The van der Waals surface area contributed by atoms with Gasteiger partial charge in [-0.15, -0.1) is 0 Å². The summed E-state index contributed by atoms with van der Waals surface area (Å²) < 4.78 is 22.3. The molecule has 1 aliphatic rings. The van der Waals surface area contributed by atoms with Crippen LogP contribution in [-0.2, 0) is 11.4 Å². The molecule has 0 saturated carbocycles. The Morgan fingerprint density at radius 2 is 1.97 bits per heavy atom. The summed E-state index contributed by atoms with van der Waals surface area (Å²) in [4.78, 5) is 12.1. The van der Waals surface area contributed by atoms with Crippen molar-refractivity contribution in [1.82, 2.24) is 5.32 Å². The van der Waals surface area contributed by atoms with Gasteiger partial charge in [-0.25, -0.2) is 0 Å². The molecule has 1 heterocycles. The molecule has 1 aliphatic heterocycles. The van der Waals surface area contributed by atoms with Crippen LogP contribution in [0.15, 0.2) is 42.0 Å². The normalized spacial score (nSPS) is 12.4. The molecule has 156 valence electrons. The molecule has 30 heavy (non-hydrogen) atoms. The van der Waals surface area contributed by atoms with Crippen molar-refractivity contribution in [3.8, 4) is 29.1 Å². The summed E-state index contributed by atoms with van der Waals surface area (Å²) in [5.41, 5.74) is 1.63. The van der Waals surface area contributed by atoms with Crippen LogP contribution in [0.3, 0.4) is 0 Å². The first-order chi connectivity index (χ1) is 14.5. The van der Waals surface area contributed by atoms with Gasteiger partial charge in [-0.1, -0.05) is 12.1 Å². The standard InChI is InChI=1S/C23H24N2O5/c1-4-27-21-10-16(9-18(12-24)23(26)25-15(2)3)5-7-19(21)28-13-17-6-8-20-22(11-17)30-14-29-20/h5-11,15H,4,13-14H2,1-3H3,(H,25,26)/b18-9-. The lowest BCUT2D eigenvalue weighted by Crippen LogP contribution is -2.30. The van der Waals surface area contributed by atoms with Gasteiger partial charge in [0.25, 0.3) is 5.91 Å². The average Bonchev–Trinajstić information content (AvgIpc) is 3.19. The zero-order chi connectivity index (χ0) is 21.5. The first-order valence-electron chi connectivity index (χ1n) is 9.71. The van der Waals surface area contributed by atoms with E-state index in [9.17, 15) is 10.1 Å². The van der Waals surface area contributed by atoms with Crippen LogP contribution < -0.4 is 24.3 Å². The maximum Gasteiger partial charge on any atom is 0.262 e. The maximum atomic E-state index is 12.1. The summed E-state index contributed by atoms with van der Waals surface area (Å²) >= 11 is 0. The molecular weight excluding hydrogens is 384 g/mol. The zero-order valence-corrected chi connectivity index (χ0v) is 17.2. The Morgan fingerprint density at radius 1 is 1.17 bits per heavy atom. The molecule has 0 fully saturated rings. The molecule has 0 aromatic heterocycles. The van der Waals surface area contributed by atoms with Crippen LogP contribution in [0.4, 0.5) is 0 Å². The monoisotopic (exact) mass is 408 g/mol. The summed E-state index contributed by atoms with van der Waals surface area (Å²) in [7, 11) is 0. The summed E-state index contributed by atoms with van der Waals surface area (Å²) in [5, 5.41) is 12.0. The quantitative estimate of drug-likeness (QED) is 0.527. The molecule has 0 unspecified atom stereocenters. The minimum absolute atomic E-state index is 0.0279. The molecule has 2 aromatic carbocycles. The van der Waals surface area contributed by atoms with Gasteiger partial charge in [-0.3, -0.25) is 4.79 Å². The van der Waals surface area contributed by atoms with Gasteiger partial charge >= 0.3 is 0 Å². The minimum Gasteiger partial charge on any atom is -0.490 e. The van der Waals surface area contributed by atoms with Gasteiger partial charge in [0.1, 0.15) is 18.2 Å². The molecule has 2 aromatic rings. The van der Waals surface area contributed by atoms with Crippen LogP contribution in [0.25, 0.3) is 6.08 Å².